The Morgan fingerprint density at radius 3 is 2.57 bits per heavy atom. The summed E-state index contributed by atoms with van der Waals surface area (Å²) < 4.78 is 7.65. The molecular weight excluding hydrogens is 264 g/mol. The normalized spacial score (nSPS) is 13.6. The van der Waals surface area contributed by atoms with Gasteiger partial charge in [0.1, 0.15) is 11.9 Å². The number of benzene rings is 1. The fourth-order valence-electron chi connectivity index (χ4n) is 2.59. The van der Waals surface area contributed by atoms with Gasteiger partial charge in [-0.3, -0.25) is 4.79 Å². The van der Waals surface area contributed by atoms with Crippen molar-refractivity contribution in [3.63, 3.8) is 0 Å². The molecule has 1 unspecified atom stereocenters. The molecule has 1 aromatic heterocycles. The number of hydrogen-bond acceptors (Lipinski definition) is 3. The zero-order valence-corrected chi connectivity index (χ0v) is 13.5. The molecule has 0 saturated heterocycles. The Bertz CT molecular complexity index is 638. The van der Waals surface area contributed by atoms with Gasteiger partial charge in [0.15, 0.2) is 5.78 Å². The average molecular weight is 288 g/mol. The minimum atomic E-state index is -0.401. The monoisotopic (exact) mass is 288 g/mol. The molecule has 1 heterocycles. The maximum Gasteiger partial charge on any atom is 0.169 e. The Labute approximate surface area is 126 Å². The van der Waals surface area contributed by atoms with Gasteiger partial charge in [0.25, 0.3) is 0 Å². The topological polar surface area (TPSA) is 44.1 Å². The zero-order valence-electron chi connectivity index (χ0n) is 13.5. The highest BCUT2D eigenvalue weighted by molar-refractivity contribution is 5.86. The van der Waals surface area contributed by atoms with E-state index in [0.29, 0.717) is 13.0 Å². The van der Waals surface area contributed by atoms with E-state index < -0.39 is 6.10 Å². The largest absolute Gasteiger partial charge is 0.370 e. The molecule has 114 valence electrons. The van der Waals surface area contributed by atoms with Crippen molar-refractivity contribution in [3.05, 3.63) is 30.1 Å². The van der Waals surface area contributed by atoms with Gasteiger partial charge in [-0.05, 0) is 24.5 Å². The van der Waals surface area contributed by atoms with E-state index >= 15 is 0 Å². The maximum atomic E-state index is 12.6. The van der Waals surface area contributed by atoms with Gasteiger partial charge in [0, 0.05) is 13.7 Å². The Balaban J connectivity index is 2.26. The van der Waals surface area contributed by atoms with E-state index in [9.17, 15) is 4.79 Å². The van der Waals surface area contributed by atoms with Crippen molar-refractivity contribution in [2.75, 3.05) is 6.61 Å². The molecule has 0 bridgehead atoms. The number of hydrogen-bond donors (Lipinski definition) is 0. The van der Waals surface area contributed by atoms with Crippen LogP contribution in [0.15, 0.2) is 24.3 Å². The highest BCUT2D eigenvalue weighted by atomic mass is 16.5. The quantitative estimate of drug-likeness (QED) is 0.849. The molecular formula is C17H24N2O2. The molecule has 0 radical (unpaired) electrons. The van der Waals surface area contributed by atoms with Crippen LogP contribution in [0.5, 0.6) is 0 Å². The van der Waals surface area contributed by atoms with Gasteiger partial charge in [0.2, 0.25) is 0 Å². The van der Waals surface area contributed by atoms with Crippen molar-refractivity contribution in [3.8, 4) is 0 Å². The van der Waals surface area contributed by atoms with Crippen molar-refractivity contribution >= 4 is 16.8 Å². The zero-order chi connectivity index (χ0) is 15.6. The number of para-hydroxylation sites is 2. The minimum Gasteiger partial charge on any atom is -0.370 e. The van der Waals surface area contributed by atoms with Gasteiger partial charge in [-0.1, -0.05) is 32.9 Å². The number of aryl methyl sites for hydroxylation is 1. The lowest BCUT2D eigenvalue weighted by Gasteiger charge is -2.29. The molecule has 0 spiro atoms. The average Bonchev–Trinajstić information content (AvgIpc) is 2.72. The molecule has 1 atom stereocenters. The van der Waals surface area contributed by atoms with Crippen molar-refractivity contribution in [1.82, 2.24) is 9.55 Å². The predicted octanol–water partition coefficient (Wildman–Crippen LogP) is 3.14. The molecule has 4 heteroatoms. The molecule has 0 N–H and O–H groups in total. The highest BCUT2D eigenvalue weighted by Gasteiger charge is 2.32. The van der Waals surface area contributed by atoms with Crippen molar-refractivity contribution in [2.24, 2.45) is 12.5 Å². The third kappa shape index (κ3) is 3.32. The molecule has 0 aliphatic rings. The van der Waals surface area contributed by atoms with Crippen LogP contribution >= 0.6 is 0 Å². The molecule has 0 aliphatic heterocycles. The molecule has 4 nitrogen and oxygen atoms in total. The second-order valence-corrected chi connectivity index (χ2v) is 6.42. The van der Waals surface area contributed by atoms with E-state index in [0.717, 1.165) is 16.9 Å². The van der Waals surface area contributed by atoms with Gasteiger partial charge in [-0.25, -0.2) is 4.98 Å². The van der Waals surface area contributed by atoms with Crippen molar-refractivity contribution in [1.29, 1.82) is 0 Å². The number of fused-ring (bicyclic) bond motifs is 1. The van der Waals surface area contributed by atoms with E-state index in [2.05, 4.69) is 4.98 Å². The fourth-order valence-corrected chi connectivity index (χ4v) is 2.59. The molecule has 0 amide bonds. The van der Waals surface area contributed by atoms with E-state index in [1.54, 1.807) is 0 Å². The highest BCUT2D eigenvalue weighted by Crippen LogP contribution is 2.25. The number of carbonyl (C=O) groups excluding carboxylic acids is 1. The van der Waals surface area contributed by atoms with E-state index in [-0.39, 0.29) is 11.2 Å². The summed E-state index contributed by atoms with van der Waals surface area (Å²) >= 11 is 0. The third-order valence-electron chi connectivity index (χ3n) is 3.62. The molecule has 21 heavy (non-hydrogen) atoms. The Morgan fingerprint density at radius 1 is 1.33 bits per heavy atom. The molecule has 2 rings (SSSR count). The molecule has 2 aromatic rings. The number of imidazole rings is 1. The lowest BCUT2D eigenvalue weighted by atomic mass is 9.85. The summed E-state index contributed by atoms with van der Waals surface area (Å²) in [5.74, 6) is 0.873. The first-order valence-electron chi connectivity index (χ1n) is 7.39. The third-order valence-corrected chi connectivity index (χ3v) is 3.62. The van der Waals surface area contributed by atoms with Crippen LogP contribution in [0.25, 0.3) is 11.0 Å². The Morgan fingerprint density at radius 2 is 2.00 bits per heavy atom. The first kappa shape index (κ1) is 15.7. The first-order valence-corrected chi connectivity index (χ1v) is 7.39. The van der Waals surface area contributed by atoms with Crippen LogP contribution in [0.4, 0.5) is 0 Å². The summed E-state index contributed by atoms with van der Waals surface area (Å²) in [6.45, 7) is 8.54. The summed E-state index contributed by atoms with van der Waals surface area (Å²) in [6, 6.07) is 7.92. The van der Waals surface area contributed by atoms with Crippen LogP contribution in [-0.4, -0.2) is 28.0 Å². The SMILES string of the molecule is CCOC(C(=O)Cc1nc2ccccc2n1C)C(C)(C)C. The van der Waals surface area contributed by atoms with Crippen molar-refractivity contribution in [2.45, 2.75) is 40.2 Å². The number of ketones is 1. The lowest BCUT2D eigenvalue weighted by Crippen LogP contribution is -2.38. The van der Waals surface area contributed by atoms with Crippen LogP contribution in [0, 0.1) is 5.41 Å². The number of carbonyl (C=O) groups is 1. The smallest absolute Gasteiger partial charge is 0.169 e. The molecule has 0 fully saturated rings. The van der Waals surface area contributed by atoms with Gasteiger partial charge in [0.05, 0.1) is 17.5 Å². The van der Waals surface area contributed by atoms with E-state index in [4.69, 9.17) is 4.74 Å². The number of aromatic nitrogens is 2. The minimum absolute atomic E-state index is 0.0859. The van der Waals surface area contributed by atoms with Crippen LogP contribution in [-0.2, 0) is 23.0 Å². The summed E-state index contributed by atoms with van der Waals surface area (Å²) in [7, 11) is 1.95. The van der Waals surface area contributed by atoms with Crippen LogP contribution in [0.2, 0.25) is 0 Å². The first-order chi connectivity index (χ1) is 9.84. The maximum absolute atomic E-state index is 12.6. The summed E-state index contributed by atoms with van der Waals surface area (Å²) in [6.07, 6.45) is -0.102. The second-order valence-electron chi connectivity index (χ2n) is 6.42. The number of Topliss-reactive ketones (excluding diaryl/α,β-unsaturated/α-hetero) is 1. The summed E-state index contributed by atoms with van der Waals surface area (Å²) in [5.41, 5.74) is 1.76. The fraction of sp³-hybridized carbons (Fsp3) is 0.529. The number of ether oxygens (including phenoxy) is 1. The summed E-state index contributed by atoms with van der Waals surface area (Å²) in [5, 5.41) is 0. The van der Waals surface area contributed by atoms with Crippen LogP contribution in [0.1, 0.15) is 33.5 Å². The summed E-state index contributed by atoms with van der Waals surface area (Å²) in [4.78, 5) is 17.2. The van der Waals surface area contributed by atoms with Gasteiger partial charge >= 0.3 is 0 Å². The molecule has 0 aliphatic carbocycles. The van der Waals surface area contributed by atoms with Crippen LogP contribution < -0.4 is 0 Å². The Hall–Kier alpha value is -1.68. The van der Waals surface area contributed by atoms with Gasteiger partial charge in [-0.15, -0.1) is 0 Å². The Kier molecular flexibility index (Phi) is 4.47. The predicted molar refractivity (Wildman–Crippen MR) is 84.3 cm³/mol. The second kappa shape index (κ2) is 5.98. The van der Waals surface area contributed by atoms with E-state index in [1.165, 1.54) is 0 Å². The molecule has 1 aromatic carbocycles. The van der Waals surface area contributed by atoms with Gasteiger partial charge < -0.3 is 9.30 Å². The lowest BCUT2D eigenvalue weighted by molar-refractivity contribution is -0.136. The van der Waals surface area contributed by atoms with Gasteiger partial charge in [-0.2, -0.15) is 0 Å². The molecule has 0 saturated carbocycles. The standard InChI is InChI=1S/C17H24N2O2/c1-6-21-16(17(2,3)4)14(20)11-15-18-12-9-7-8-10-13(12)19(15)5/h7-10,16H,6,11H2,1-5H3. The van der Waals surface area contributed by atoms with Crippen LogP contribution in [0.3, 0.4) is 0 Å². The number of rotatable bonds is 5. The van der Waals surface area contributed by atoms with E-state index in [1.807, 2.05) is 63.6 Å². The number of nitrogens with zero attached hydrogens (tertiary/aromatic N) is 2. The van der Waals surface area contributed by atoms with Crippen molar-refractivity contribution < 1.29 is 9.53 Å².